The van der Waals surface area contributed by atoms with Crippen molar-refractivity contribution in [2.75, 3.05) is 6.54 Å². The molecule has 23 heavy (non-hydrogen) atoms. The molecule has 0 aliphatic heterocycles. The smallest absolute Gasteiger partial charge is 0.244 e. The zero-order chi connectivity index (χ0) is 16.1. The molecule has 0 aliphatic rings. The largest absolute Gasteiger partial charge is 0.361 e. The summed E-state index contributed by atoms with van der Waals surface area (Å²) in [6.07, 6.45) is 6.24. The van der Waals surface area contributed by atoms with E-state index in [0.29, 0.717) is 6.54 Å². The number of aromatic amines is 1. The Morgan fingerprint density at radius 2 is 2.00 bits per heavy atom. The highest BCUT2D eigenvalue weighted by molar-refractivity contribution is 5.91. The molecule has 0 fully saturated rings. The number of hydrogen-bond acceptors (Lipinski definition) is 1. The fraction of sp³-hybridized carbons (Fsp3) is 0.150. The zero-order valence-electron chi connectivity index (χ0n) is 13.2. The maximum absolute atomic E-state index is 11.9. The highest BCUT2D eigenvalue weighted by atomic mass is 16.1. The van der Waals surface area contributed by atoms with Gasteiger partial charge in [0.15, 0.2) is 0 Å². The Morgan fingerprint density at radius 1 is 1.17 bits per heavy atom. The van der Waals surface area contributed by atoms with Crippen LogP contribution in [0.2, 0.25) is 0 Å². The van der Waals surface area contributed by atoms with Gasteiger partial charge in [0.1, 0.15) is 0 Å². The zero-order valence-corrected chi connectivity index (χ0v) is 13.2. The standard InChI is InChI=1S/C20H20N2O/c1-15-7-9-19-18(13-15)17(14-22-19)11-12-21-20(23)10-8-16-5-3-2-4-6-16/h2-10,13-14,22H,11-12H2,1H3,(H,21,23)/b10-8+. The average Bonchev–Trinajstić information content (AvgIpc) is 2.96. The van der Waals surface area contributed by atoms with Crippen molar-refractivity contribution in [3.8, 4) is 0 Å². The van der Waals surface area contributed by atoms with Crippen LogP contribution in [0.5, 0.6) is 0 Å². The van der Waals surface area contributed by atoms with Crippen LogP contribution in [-0.2, 0) is 11.2 Å². The SMILES string of the molecule is Cc1ccc2[nH]cc(CCNC(=O)/C=C/c3ccccc3)c2c1. The fourth-order valence-electron chi connectivity index (χ4n) is 2.61. The number of fused-ring (bicyclic) bond motifs is 1. The second-order valence-corrected chi connectivity index (χ2v) is 5.65. The van der Waals surface area contributed by atoms with E-state index in [9.17, 15) is 4.79 Å². The van der Waals surface area contributed by atoms with Crippen molar-refractivity contribution in [1.82, 2.24) is 10.3 Å². The molecule has 1 amide bonds. The Morgan fingerprint density at radius 3 is 2.83 bits per heavy atom. The molecular formula is C20H20N2O. The second-order valence-electron chi connectivity index (χ2n) is 5.65. The van der Waals surface area contributed by atoms with Crippen LogP contribution in [0.25, 0.3) is 17.0 Å². The molecule has 3 aromatic rings. The molecule has 0 radical (unpaired) electrons. The third-order valence-corrected chi connectivity index (χ3v) is 3.84. The number of H-pyrrole nitrogens is 1. The summed E-state index contributed by atoms with van der Waals surface area (Å²) in [5.74, 6) is -0.0649. The summed E-state index contributed by atoms with van der Waals surface area (Å²) >= 11 is 0. The first-order chi connectivity index (χ1) is 11.2. The van der Waals surface area contributed by atoms with E-state index in [-0.39, 0.29) is 5.91 Å². The normalized spacial score (nSPS) is 11.2. The fourth-order valence-corrected chi connectivity index (χ4v) is 2.61. The number of rotatable bonds is 5. The Hall–Kier alpha value is -2.81. The quantitative estimate of drug-likeness (QED) is 0.691. The van der Waals surface area contributed by atoms with Crippen LogP contribution in [0.4, 0.5) is 0 Å². The molecule has 0 bridgehead atoms. The van der Waals surface area contributed by atoms with E-state index in [4.69, 9.17) is 0 Å². The highest BCUT2D eigenvalue weighted by Crippen LogP contribution is 2.19. The molecule has 0 saturated carbocycles. The van der Waals surface area contributed by atoms with Gasteiger partial charge >= 0.3 is 0 Å². The summed E-state index contributed by atoms with van der Waals surface area (Å²) in [5, 5.41) is 4.17. The first-order valence-electron chi connectivity index (χ1n) is 7.80. The van der Waals surface area contributed by atoms with Crippen molar-refractivity contribution >= 4 is 22.9 Å². The molecule has 2 N–H and O–H groups in total. The van der Waals surface area contributed by atoms with Crippen LogP contribution in [0.3, 0.4) is 0 Å². The van der Waals surface area contributed by atoms with Crippen LogP contribution in [-0.4, -0.2) is 17.4 Å². The number of carbonyl (C=O) groups is 1. The van der Waals surface area contributed by atoms with Crippen molar-refractivity contribution in [3.05, 3.63) is 77.5 Å². The van der Waals surface area contributed by atoms with Crippen molar-refractivity contribution in [2.24, 2.45) is 0 Å². The minimum Gasteiger partial charge on any atom is -0.361 e. The van der Waals surface area contributed by atoms with Gasteiger partial charge in [0.25, 0.3) is 0 Å². The molecule has 3 nitrogen and oxygen atoms in total. The molecule has 116 valence electrons. The molecular weight excluding hydrogens is 284 g/mol. The van der Waals surface area contributed by atoms with Crippen molar-refractivity contribution in [1.29, 1.82) is 0 Å². The first-order valence-corrected chi connectivity index (χ1v) is 7.80. The number of amides is 1. The van der Waals surface area contributed by atoms with Crippen LogP contribution in [0.15, 0.2) is 60.8 Å². The van der Waals surface area contributed by atoms with Gasteiger partial charge in [0.05, 0.1) is 0 Å². The topological polar surface area (TPSA) is 44.9 Å². The maximum atomic E-state index is 11.9. The van der Waals surface area contributed by atoms with Gasteiger partial charge in [-0.3, -0.25) is 4.79 Å². The second kappa shape index (κ2) is 6.97. The Labute approximate surface area is 136 Å². The molecule has 1 heterocycles. The van der Waals surface area contributed by atoms with E-state index in [1.807, 2.05) is 42.6 Å². The van der Waals surface area contributed by atoms with Gasteiger partial charge < -0.3 is 10.3 Å². The van der Waals surface area contributed by atoms with Gasteiger partial charge in [-0.15, -0.1) is 0 Å². The molecule has 0 saturated heterocycles. The Balaban J connectivity index is 1.55. The number of aryl methyl sites for hydroxylation is 1. The van der Waals surface area contributed by atoms with Gasteiger partial charge in [-0.05, 0) is 42.7 Å². The van der Waals surface area contributed by atoms with Gasteiger partial charge in [-0.2, -0.15) is 0 Å². The van der Waals surface area contributed by atoms with E-state index in [2.05, 4.69) is 35.4 Å². The molecule has 0 spiro atoms. The van der Waals surface area contributed by atoms with Crippen molar-refractivity contribution in [2.45, 2.75) is 13.3 Å². The van der Waals surface area contributed by atoms with E-state index in [1.165, 1.54) is 16.5 Å². The first kappa shape index (κ1) is 15.1. The van der Waals surface area contributed by atoms with Gasteiger partial charge in [0, 0.05) is 29.7 Å². The lowest BCUT2D eigenvalue weighted by atomic mass is 10.1. The third-order valence-electron chi connectivity index (χ3n) is 3.84. The lowest BCUT2D eigenvalue weighted by Crippen LogP contribution is -2.23. The van der Waals surface area contributed by atoms with Crippen molar-refractivity contribution < 1.29 is 4.79 Å². The number of aromatic nitrogens is 1. The predicted molar refractivity (Wildman–Crippen MR) is 95.2 cm³/mol. The van der Waals surface area contributed by atoms with Crippen LogP contribution in [0, 0.1) is 6.92 Å². The molecule has 2 aromatic carbocycles. The Bertz CT molecular complexity index is 831. The average molecular weight is 304 g/mol. The van der Waals surface area contributed by atoms with E-state index >= 15 is 0 Å². The summed E-state index contributed by atoms with van der Waals surface area (Å²) < 4.78 is 0. The van der Waals surface area contributed by atoms with Crippen LogP contribution >= 0.6 is 0 Å². The minimum atomic E-state index is -0.0649. The summed E-state index contributed by atoms with van der Waals surface area (Å²) in [7, 11) is 0. The van der Waals surface area contributed by atoms with E-state index in [1.54, 1.807) is 6.08 Å². The minimum absolute atomic E-state index is 0.0649. The summed E-state index contributed by atoms with van der Waals surface area (Å²) in [6, 6.07) is 16.2. The van der Waals surface area contributed by atoms with Crippen LogP contribution < -0.4 is 5.32 Å². The van der Waals surface area contributed by atoms with Crippen molar-refractivity contribution in [3.63, 3.8) is 0 Å². The summed E-state index contributed by atoms with van der Waals surface area (Å²) in [4.78, 5) is 15.1. The predicted octanol–water partition coefficient (Wildman–Crippen LogP) is 3.85. The number of nitrogens with one attached hydrogen (secondary N) is 2. The van der Waals surface area contributed by atoms with Gasteiger partial charge in [-0.1, -0.05) is 42.0 Å². The van der Waals surface area contributed by atoms with E-state index < -0.39 is 0 Å². The lowest BCUT2D eigenvalue weighted by Gasteiger charge is -2.02. The summed E-state index contributed by atoms with van der Waals surface area (Å²) in [6.45, 7) is 2.71. The third kappa shape index (κ3) is 3.89. The van der Waals surface area contributed by atoms with E-state index in [0.717, 1.165) is 17.5 Å². The molecule has 1 aromatic heterocycles. The highest BCUT2D eigenvalue weighted by Gasteiger charge is 2.04. The molecule has 0 aliphatic carbocycles. The monoisotopic (exact) mass is 304 g/mol. The number of benzene rings is 2. The Kier molecular flexibility index (Phi) is 4.57. The van der Waals surface area contributed by atoms with Gasteiger partial charge in [0.2, 0.25) is 5.91 Å². The van der Waals surface area contributed by atoms with Gasteiger partial charge in [-0.25, -0.2) is 0 Å². The summed E-state index contributed by atoms with van der Waals surface area (Å²) in [5.41, 5.74) is 4.64. The maximum Gasteiger partial charge on any atom is 0.244 e. The van der Waals surface area contributed by atoms with Crippen LogP contribution in [0.1, 0.15) is 16.7 Å². The number of carbonyl (C=O) groups excluding carboxylic acids is 1. The number of hydrogen-bond donors (Lipinski definition) is 2. The molecule has 3 rings (SSSR count). The molecule has 0 unspecified atom stereocenters. The molecule has 3 heteroatoms. The lowest BCUT2D eigenvalue weighted by molar-refractivity contribution is -0.116. The molecule has 0 atom stereocenters.